The fraction of sp³-hybridized carbons (Fsp3) is 0.273. The van der Waals surface area contributed by atoms with Crippen LogP contribution in [0.3, 0.4) is 0 Å². The molecule has 0 saturated carbocycles. The van der Waals surface area contributed by atoms with Crippen molar-refractivity contribution in [2.24, 2.45) is 11.0 Å². The number of hydrogen-bond donors (Lipinski definition) is 1. The smallest absolute Gasteiger partial charge is 0.267 e. The molecule has 17 heavy (non-hydrogen) atoms. The lowest BCUT2D eigenvalue weighted by Gasteiger charge is -2.00. The number of nitrogens with zero attached hydrogens (tertiary/aromatic N) is 2. The SMILES string of the molecule is CC(C)/C=N/NC(=O)c1cccc([N+](=O)[O-])c1. The summed E-state index contributed by atoms with van der Waals surface area (Å²) in [6.07, 6.45) is 1.58. The second-order valence-corrected chi connectivity index (χ2v) is 3.77. The van der Waals surface area contributed by atoms with Crippen molar-refractivity contribution in [3.63, 3.8) is 0 Å². The molecule has 90 valence electrons. The van der Waals surface area contributed by atoms with Gasteiger partial charge in [0, 0.05) is 23.9 Å². The number of carbonyl (C=O) groups excluding carboxylic acids is 1. The highest BCUT2D eigenvalue weighted by Crippen LogP contribution is 2.12. The number of amides is 1. The molecule has 0 aliphatic heterocycles. The summed E-state index contributed by atoms with van der Waals surface area (Å²) in [7, 11) is 0. The summed E-state index contributed by atoms with van der Waals surface area (Å²) in [4.78, 5) is 21.5. The first-order chi connectivity index (χ1) is 8.00. The van der Waals surface area contributed by atoms with Gasteiger partial charge in [-0.05, 0) is 12.0 Å². The maximum atomic E-state index is 11.6. The Kier molecular flexibility index (Phi) is 4.33. The molecule has 1 aromatic rings. The predicted molar refractivity (Wildman–Crippen MR) is 63.9 cm³/mol. The van der Waals surface area contributed by atoms with Crippen LogP contribution in [0, 0.1) is 16.0 Å². The van der Waals surface area contributed by atoms with Crippen LogP contribution in [0.5, 0.6) is 0 Å². The molecule has 0 radical (unpaired) electrons. The van der Waals surface area contributed by atoms with Gasteiger partial charge in [0.15, 0.2) is 0 Å². The Morgan fingerprint density at radius 2 is 2.24 bits per heavy atom. The van der Waals surface area contributed by atoms with Crippen LogP contribution in [-0.2, 0) is 0 Å². The molecular formula is C11H13N3O3. The molecule has 0 aliphatic carbocycles. The van der Waals surface area contributed by atoms with E-state index in [2.05, 4.69) is 10.5 Å². The Hall–Kier alpha value is -2.24. The van der Waals surface area contributed by atoms with E-state index in [1.165, 1.54) is 24.3 Å². The highest BCUT2D eigenvalue weighted by atomic mass is 16.6. The minimum atomic E-state index is -0.547. The van der Waals surface area contributed by atoms with Gasteiger partial charge in [-0.3, -0.25) is 14.9 Å². The number of carbonyl (C=O) groups is 1. The number of rotatable bonds is 4. The predicted octanol–water partition coefficient (Wildman–Crippen LogP) is 1.97. The lowest BCUT2D eigenvalue weighted by molar-refractivity contribution is -0.384. The lowest BCUT2D eigenvalue weighted by atomic mass is 10.2. The number of nitro benzene ring substituents is 1. The van der Waals surface area contributed by atoms with E-state index in [1.54, 1.807) is 6.21 Å². The lowest BCUT2D eigenvalue weighted by Crippen LogP contribution is -2.18. The van der Waals surface area contributed by atoms with Gasteiger partial charge >= 0.3 is 0 Å². The molecule has 1 aromatic carbocycles. The molecule has 6 nitrogen and oxygen atoms in total. The molecule has 1 amide bonds. The van der Waals surface area contributed by atoms with Crippen molar-refractivity contribution in [2.45, 2.75) is 13.8 Å². The number of benzene rings is 1. The zero-order valence-electron chi connectivity index (χ0n) is 9.58. The van der Waals surface area contributed by atoms with E-state index >= 15 is 0 Å². The van der Waals surface area contributed by atoms with Crippen molar-refractivity contribution in [3.8, 4) is 0 Å². The van der Waals surface area contributed by atoms with Crippen LogP contribution in [0.15, 0.2) is 29.4 Å². The first-order valence-electron chi connectivity index (χ1n) is 5.08. The Morgan fingerprint density at radius 3 is 2.82 bits per heavy atom. The van der Waals surface area contributed by atoms with Gasteiger partial charge in [0.2, 0.25) is 0 Å². The van der Waals surface area contributed by atoms with Gasteiger partial charge in [0.05, 0.1) is 4.92 Å². The summed E-state index contributed by atoms with van der Waals surface area (Å²) >= 11 is 0. The molecule has 0 fully saturated rings. The summed E-state index contributed by atoms with van der Waals surface area (Å²) in [5.41, 5.74) is 2.39. The first kappa shape index (κ1) is 12.8. The third kappa shape index (κ3) is 4.02. The molecule has 0 spiro atoms. The Bertz CT molecular complexity index is 455. The van der Waals surface area contributed by atoms with E-state index in [1.807, 2.05) is 13.8 Å². The average molecular weight is 235 g/mol. The topological polar surface area (TPSA) is 84.6 Å². The first-order valence-corrected chi connectivity index (χ1v) is 5.08. The molecule has 0 unspecified atom stereocenters. The van der Waals surface area contributed by atoms with Crippen molar-refractivity contribution in [3.05, 3.63) is 39.9 Å². The van der Waals surface area contributed by atoms with Gasteiger partial charge in [-0.15, -0.1) is 0 Å². The molecule has 0 aliphatic rings. The Labute approximate surface area is 98.5 Å². The summed E-state index contributed by atoms with van der Waals surface area (Å²) in [5, 5.41) is 14.3. The fourth-order valence-electron chi connectivity index (χ4n) is 1.07. The summed E-state index contributed by atoms with van der Waals surface area (Å²) in [6, 6.07) is 5.49. The van der Waals surface area contributed by atoms with E-state index in [0.717, 1.165) is 0 Å². The van der Waals surface area contributed by atoms with Gasteiger partial charge in [-0.25, -0.2) is 5.43 Å². The number of non-ortho nitro benzene ring substituents is 1. The molecule has 0 atom stereocenters. The number of nitrogens with one attached hydrogen (secondary N) is 1. The van der Waals surface area contributed by atoms with Crippen LogP contribution in [0.2, 0.25) is 0 Å². The standard InChI is InChI=1S/C11H13N3O3/c1-8(2)7-12-13-11(15)9-4-3-5-10(6-9)14(16)17/h3-8H,1-2H3,(H,13,15)/b12-7+. The Balaban J connectivity index is 2.75. The summed E-state index contributed by atoms with van der Waals surface area (Å²) in [5.74, 6) is -0.244. The molecule has 0 saturated heterocycles. The molecule has 1 rings (SSSR count). The molecule has 0 heterocycles. The van der Waals surface area contributed by atoms with E-state index in [-0.39, 0.29) is 17.2 Å². The quantitative estimate of drug-likeness (QED) is 0.491. The third-order valence-electron chi connectivity index (χ3n) is 1.86. The van der Waals surface area contributed by atoms with E-state index in [0.29, 0.717) is 0 Å². The van der Waals surface area contributed by atoms with E-state index in [4.69, 9.17) is 0 Å². The largest absolute Gasteiger partial charge is 0.271 e. The van der Waals surface area contributed by atoms with Crippen molar-refractivity contribution in [1.29, 1.82) is 0 Å². The highest BCUT2D eigenvalue weighted by Gasteiger charge is 2.10. The van der Waals surface area contributed by atoms with Crippen LogP contribution in [0.25, 0.3) is 0 Å². The van der Waals surface area contributed by atoms with Crippen LogP contribution < -0.4 is 5.43 Å². The summed E-state index contributed by atoms with van der Waals surface area (Å²) < 4.78 is 0. The number of hydrogen-bond acceptors (Lipinski definition) is 4. The van der Waals surface area contributed by atoms with E-state index < -0.39 is 10.8 Å². The van der Waals surface area contributed by atoms with Crippen molar-refractivity contribution < 1.29 is 9.72 Å². The van der Waals surface area contributed by atoms with Crippen LogP contribution in [-0.4, -0.2) is 17.0 Å². The van der Waals surface area contributed by atoms with Crippen molar-refractivity contribution >= 4 is 17.8 Å². The zero-order chi connectivity index (χ0) is 12.8. The minimum absolute atomic E-state index is 0.120. The van der Waals surface area contributed by atoms with Crippen molar-refractivity contribution in [1.82, 2.24) is 5.43 Å². The highest BCUT2D eigenvalue weighted by molar-refractivity contribution is 5.94. The maximum Gasteiger partial charge on any atom is 0.271 e. The summed E-state index contributed by atoms with van der Waals surface area (Å²) in [6.45, 7) is 3.84. The molecule has 0 bridgehead atoms. The van der Waals surface area contributed by atoms with Gasteiger partial charge < -0.3 is 0 Å². The molecular weight excluding hydrogens is 222 g/mol. The number of nitro groups is 1. The molecule has 0 aromatic heterocycles. The normalized spacial score (nSPS) is 10.8. The zero-order valence-corrected chi connectivity index (χ0v) is 9.58. The van der Waals surface area contributed by atoms with Gasteiger partial charge in [-0.2, -0.15) is 5.10 Å². The molecule has 1 N–H and O–H groups in total. The molecule has 6 heteroatoms. The third-order valence-corrected chi connectivity index (χ3v) is 1.86. The Morgan fingerprint density at radius 1 is 1.53 bits per heavy atom. The average Bonchev–Trinajstić information content (AvgIpc) is 2.28. The van der Waals surface area contributed by atoms with Crippen LogP contribution in [0.1, 0.15) is 24.2 Å². The fourth-order valence-corrected chi connectivity index (χ4v) is 1.07. The van der Waals surface area contributed by atoms with Gasteiger partial charge in [0.25, 0.3) is 11.6 Å². The van der Waals surface area contributed by atoms with Crippen LogP contribution in [0.4, 0.5) is 5.69 Å². The monoisotopic (exact) mass is 235 g/mol. The van der Waals surface area contributed by atoms with Crippen molar-refractivity contribution in [2.75, 3.05) is 0 Å². The second kappa shape index (κ2) is 5.74. The number of hydrazone groups is 1. The van der Waals surface area contributed by atoms with Gasteiger partial charge in [-0.1, -0.05) is 19.9 Å². The van der Waals surface area contributed by atoms with E-state index in [9.17, 15) is 14.9 Å². The second-order valence-electron chi connectivity index (χ2n) is 3.77. The van der Waals surface area contributed by atoms with Gasteiger partial charge in [0.1, 0.15) is 0 Å². The minimum Gasteiger partial charge on any atom is -0.267 e. The maximum absolute atomic E-state index is 11.6. The van der Waals surface area contributed by atoms with Crippen LogP contribution >= 0.6 is 0 Å².